The Kier molecular flexibility index (Phi) is 4.49. The van der Waals surface area contributed by atoms with Gasteiger partial charge in [0.05, 0.1) is 17.7 Å². The number of carbonyl (C=O) groups is 1. The number of hydrogen-bond donors (Lipinski definition) is 1. The highest BCUT2D eigenvalue weighted by Gasteiger charge is 2.39. The minimum absolute atomic E-state index is 0.0266. The molecule has 6 heteroatoms. The fourth-order valence-corrected chi connectivity index (χ4v) is 3.77. The van der Waals surface area contributed by atoms with Crippen LogP contribution in [0.1, 0.15) is 36.3 Å². The van der Waals surface area contributed by atoms with Crippen LogP contribution in [0.25, 0.3) is 0 Å². The summed E-state index contributed by atoms with van der Waals surface area (Å²) >= 11 is 0. The molecule has 22 heavy (non-hydrogen) atoms. The number of aromatic nitrogens is 1. The van der Waals surface area contributed by atoms with Crippen LogP contribution in [0.4, 0.5) is 0 Å². The van der Waals surface area contributed by atoms with Gasteiger partial charge in [0.15, 0.2) is 0 Å². The van der Waals surface area contributed by atoms with Crippen LogP contribution in [0.5, 0.6) is 0 Å². The molecule has 2 N–H and O–H groups in total. The van der Waals surface area contributed by atoms with E-state index in [2.05, 4.69) is 10.1 Å². The molecule has 2 atom stereocenters. The van der Waals surface area contributed by atoms with Gasteiger partial charge in [-0.15, -0.1) is 0 Å². The van der Waals surface area contributed by atoms with Crippen LogP contribution >= 0.6 is 0 Å². The zero-order valence-electron chi connectivity index (χ0n) is 13.4. The van der Waals surface area contributed by atoms with Gasteiger partial charge in [-0.2, -0.15) is 0 Å². The number of ether oxygens (including phenoxy) is 1. The van der Waals surface area contributed by atoms with Crippen molar-refractivity contribution in [2.24, 2.45) is 17.6 Å². The first kappa shape index (κ1) is 15.5. The number of likely N-dealkylation sites (tertiary alicyclic amines) is 1. The van der Waals surface area contributed by atoms with Crippen LogP contribution in [0.2, 0.25) is 0 Å². The second-order valence-electron chi connectivity index (χ2n) is 6.55. The average molecular weight is 307 g/mol. The first-order valence-corrected chi connectivity index (χ1v) is 8.11. The van der Waals surface area contributed by atoms with Gasteiger partial charge in [-0.1, -0.05) is 5.16 Å². The molecule has 0 aliphatic carbocycles. The van der Waals surface area contributed by atoms with E-state index in [4.69, 9.17) is 15.0 Å². The Labute approximate surface area is 131 Å². The predicted octanol–water partition coefficient (Wildman–Crippen LogP) is 1.39. The van der Waals surface area contributed by atoms with Crippen molar-refractivity contribution in [3.63, 3.8) is 0 Å². The standard InChI is InChI=1S/C16H25N3O3/c1-10-14(11(2)22-18-10)9-19-6-3-12(4-7-19)15-13(16(17)20)5-8-21-15/h12-13,15H,3-9H2,1-2H3,(H2,17,20)/t13-,15+/m0/s1. The SMILES string of the molecule is Cc1noc(C)c1CN1CCC([C@H]2OCC[C@@H]2C(N)=O)CC1. The predicted molar refractivity (Wildman–Crippen MR) is 81.0 cm³/mol. The molecule has 122 valence electrons. The van der Waals surface area contributed by atoms with Crippen molar-refractivity contribution < 1.29 is 14.1 Å². The number of nitrogens with two attached hydrogens (primary N) is 1. The number of hydrogen-bond acceptors (Lipinski definition) is 5. The Hall–Kier alpha value is -1.40. The number of rotatable bonds is 4. The third-order valence-electron chi connectivity index (χ3n) is 5.16. The van der Waals surface area contributed by atoms with E-state index in [0.29, 0.717) is 12.5 Å². The molecule has 2 saturated heterocycles. The Morgan fingerprint density at radius 1 is 1.32 bits per heavy atom. The Morgan fingerprint density at radius 2 is 2.05 bits per heavy atom. The van der Waals surface area contributed by atoms with Gasteiger partial charge in [0.25, 0.3) is 0 Å². The first-order valence-electron chi connectivity index (χ1n) is 8.11. The first-order chi connectivity index (χ1) is 10.6. The maximum Gasteiger partial charge on any atom is 0.223 e. The van der Waals surface area contributed by atoms with Crippen molar-refractivity contribution in [1.29, 1.82) is 0 Å². The van der Waals surface area contributed by atoms with E-state index < -0.39 is 0 Å². The molecule has 2 fully saturated rings. The lowest BCUT2D eigenvalue weighted by Gasteiger charge is -2.35. The third kappa shape index (κ3) is 3.03. The maximum absolute atomic E-state index is 11.5. The molecule has 2 aliphatic heterocycles. The third-order valence-corrected chi connectivity index (χ3v) is 5.16. The molecule has 3 heterocycles. The summed E-state index contributed by atoms with van der Waals surface area (Å²) in [6.45, 7) is 7.53. The van der Waals surface area contributed by atoms with E-state index in [1.165, 1.54) is 5.56 Å². The van der Waals surface area contributed by atoms with Crippen molar-refractivity contribution in [2.45, 2.75) is 45.8 Å². The van der Waals surface area contributed by atoms with E-state index >= 15 is 0 Å². The van der Waals surface area contributed by atoms with Crippen LogP contribution in [0.15, 0.2) is 4.52 Å². The van der Waals surface area contributed by atoms with Gasteiger partial charge in [-0.05, 0) is 52.1 Å². The molecule has 0 unspecified atom stereocenters. The summed E-state index contributed by atoms with van der Waals surface area (Å²) in [5, 5.41) is 4.02. The van der Waals surface area contributed by atoms with Crippen LogP contribution < -0.4 is 5.73 Å². The van der Waals surface area contributed by atoms with Gasteiger partial charge in [-0.25, -0.2) is 0 Å². The van der Waals surface area contributed by atoms with Crippen LogP contribution in [-0.2, 0) is 16.1 Å². The zero-order valence-corrected chi connectivity index (χ0v) is 13.4. The van der Waals surface area contributed by atoms with Crippen molar-refractivity contribution in [3.05, 3.63) is 17.0 Å². The van der Waals surface area contributed by atoms with Crippen molar-refractivity contribution in [3.8, 4) is 0 Å². The van der Waals surface area contributed by atoms with Gasteiger partial charge in [-0.3, -0.25) is 9.69 Å². The highest BCUT2D eigenvalue weighted by molar-refractivity contribution is 5.77. The molecule has 0 bridgehead atoms. The Balaban J connectivity index is 1.55. The molecule has 0 saturated carbocycles. The zero-order chi connectivity index (χ0) is 15.7. The lowest BCUT2D eigenvalue weighted by atomic mass is 9.84. The molecule has 2 aliphatic rings. The van der Waals surface area contributed by atoms with Crippen molar-refractivity contribution in [2.75, 3.05) is 19.7 Å². The molecule has 0 radical (unpaired) electrons. The van der Waals surface area contributed by atoms with Gasteiger partial charge in [0.2, 0.25) is 5.91 Å². The fourth-order valence-electron chi connectivity index (χ4n) is 3.77. The normalized spacial score (nSPS) is 27.4. The second-order valence-corrected chi connectivity index (χ2v) is 6.55. The molecule has 0 spiro atoms. The highest BCUT2D eigenvalue weighted by atomic mass is 16.5. The average Bonchev–Trinajstić information content (AvgIpc) is 3.10. The Bertz CT molecular complexity index is 515. The minimum Gasteiger partial charge on any atom is -0.377 e. The van der Waals surface area contributed by atoms with Crippen LogP contribution in [0.3, 0.4) is 0 Å². The fraction of sp³-hybridized carbons (Fsp3) is 0.750. The van der Waals surface area contributed by atoms with Crippen LogP contribution in [0, 0.1) is 25.7 Å². The van der Waals surface area contributed by atoms with Crippen molar-refractivity contribution in [1.82, 2.24) is 10.1 Å². The topological polar surface area (TPSA) is 81.6 Å². The number of primary amides is 1. The summed E-state index contributed by atoms with van der Waals surface area (Å²) in [7, 11) is 0. The van der Waals surface area contributed by atoms with E-state index in [1.807, 2.05) is 13.8 Å². The summed E-state index contributed by atoms with van der Waals surface area (Å²) in [5.41, 5.74) is 7.68. The summed E-state index contributed by atoms with van der Waals surface area (Å²) in [4.78, 5) is 13.9. The monoisotopic (exact) mass is 307 g/mol. The van der Waals surface area contributed by atoms with E-state index in [1.54, 1.807) is 0 Å². The van der Waals surface area contributed by atoms with Crippen LogP contribution in [-0.4, -0.2) is 41.8 Å². The lowest BCUT2D eigenvalue weighted by molar-refractivity contribution is -0.124. The smallest absolute Gasteiger partial charge is 0.223 e. The number of nitrogens with zero attached hydrogens (tertiary/aromatic N) is 2. The van der Waals surface area contributed by atoms with E-state index in [0.717, 1.165) is 50.4 Å². The molecule has 1 aromatic heterocycles. The van der Waals surface area contributed by atoms with Crippen molar-refractivity contribution >= 4 is 5.91 Å². The minimum atomic E-state index is -0.208. The number of carbonyl (C=O) groups excluding carboxylic acids is 1. The largest absolute Gasteiger partial charge is 0.377 e. The maximum atomic E-state index is 11.5. The molecule has 0 aromatic carbocycles. The summed E-state index contributed by atoms with van der Waals surface area (Å²) < 4.78 is 11.0. The molecule has 6 nitrogen and oxygen atoms in total. The number of piperidine rings is 1. The summed E-state index contributed by atoms with van der Waals surface area (Å²) in [6, 6.07) is 0. The highest BCUT2D eigenvalue weighted by Crippen LogP contribution is 2.33. The summed E-state index contributed by atoms with van der Waals surface area (Å²) in [5.74, 6) is 1.05. The molecule has 1 aromatic rings. The van der Waals surface area contributed by atoms with Gasteiger partial charge in [0, 0.05) is 18.7 Å². The molecular formula is C16H25N3O3. The summed E-state index contributed by atoms with van der Waals surface area (Å²) in [6.07, 6.45) is 2.91. The van der Waals surface area contributed by atoms with E-state index in [-0.39, 0.29) is 17.9 Å². The number of amides is 1. The van der Waals surface area contributed by atoms with Gasteiger partial charge >= 0.3 is 0 Å². The molecule has 1 amide bonds. The van der Waals surface area contributed by atoms with Gasteiger partial charge < -0.3 is 15.0 Å². The molecular weight excluding hydrogens is 282 g/mol. The Morgan fingerprint density at radius 3 is 2.64 bits per heavy atom. The lowest BCUT2D eigenvalue weighted by Crippen LogP contribution is -2.42. The number of aryl methyl sites for hydroxylation is 2. The second kappa shape index (κ2) is 6.38. The van der Waals surface area contributed by atoms with E-state index in [9.17, 15) is 4.79 Å². The van der Waals surface area contributed by atoms with Gasteiger partial charge in [0.1, 0.15) is 5.76 Å². The quantitative estimate of drug-likeness (QED) is 0.909. The molecule has 3 rings (SSSR count).